The predicted molar refractivity (Wildman–Crippen MR) is 115 cm³/mol. The number of amides is 1. The third-order valence-electron chi connectivity index (χ3n) is 4.93. The molecule has 2 aromatic heterocycles. The number of rotatable bonds is 5. The second-order valence-electron chi connectivity index (χ2n) is 7.03. The standard InChI is InChI=1S/C23H20N4O3/c1-13(24)17-6-5-15(12-19(17)14-3-2-4-16(11-14)23(29)30)22(28)27-20-8-10-26-21-18(20)7-9-25-21/h2-13H,24H2,1H3,(H,29,30)(H2,25,26,27,28). The molecule has 0 aliphatic carbocycles. The predicted octanol–water partition coefficient (Wildman–Crippen LogP) is 4.20. The third kappa shape index (κ3) is 3.66. The van der Waals surface area contributed by atoms with Gasteiger partial charge in [-0.05, 0) is 60.0 Å². The van der Waals surface area contributed by atoms with Crippen LogP contribution < -0.4 is 11.1 Å². The Balaban J connectivity index is 1.74. The van der Waals surface area contributed by atoms with Gasteiger partial charge in [-0.3, -0.25) is 4.79 Å². The SMILES string of the molecule is CC(N)c1ccc(C(=O)Nc2ccnc3[nH]ccc23)cc1-c1cccc(C(=O)O)c1. The molecule has 0 spiro atoms. The fourth-order valence-electron chi connectivity index (χ4n) is 3.43. The van der Waals surface area contributed by atoms with Crippen molar-refractivity contribution in [2.24, 2.45) is 5.73 Å². The molecule has 0 aliphatic heterocycles. The molecule has 0 saturated heterocycles. The molecule has 7 nitrogen and oxygen atoms in total. The van der Waals surface area contributed by atoms with Gasteiger partial charge < -0.3 is 21.1 Å². The number of pyridine rings is 1. The molecule has 150 valence electrons. The first-order valence-corrected chi connectivity index (χ1v) is 9.41. The summed E-state index contributed by atoms with van der Waals surface area (Å²) in [6.07, 6.45) is 3.38. The maximum absolute atomic E-state index is 13.0. The smallest absolute Gasteiger partial charge is 0.335 e. The number of anilines is 1. The second kappa shape index (κ2) is 7.81. The lowest BCUT2D eigenvalue weighted by molar-refractivity contribution is 0.0696. The van der Waals surface area contributed by atoms with Crippen molar-refractivity contribution in [1.29, 1.82) is 0 Å². The van der Waals surface area contributed by atoms with Gasteiger partial charge in [0.25, 0.3) is 5.91 Å². The number of nitrogens with zero attached hydrogens (tertiary/aromatic N) is 1. The van der Waals surface area contributed by atoms with E-state index in [1.54, 1.807) is 48.8 Å². The lowest BCUT2D eigenvalue weighted by Crippen LogP contribution is -2.14. The highest BCUT2D eigenvalue weighted by Crippen LogP contribution is 2.30. The summed E-state index contributed by atoms with van der Waals surface area (Å²) >= 11 is 0. The van der Waals surface area contributed by atoms with Crippen LogP contribution in [0.15, 0.2) is 67.0 Å². The van der Waals surface area contributed by atoms with Gasteiger partial charge in [-0.2, -0.15) is 0 Å². The summed E-state index contributed by atoms with van der Waals surface area (Å²) < 4.78 is 0. The number of carbonyl (C=O) groups is 2. The van der Waals surface area contributed by atoms with E-state index in [4.69, 9.17) is 5.73 Å². The van der Waals surface area contributed by atoms with Crippen LogP contribution in [0.25, 0.3) is 22.2 Å². The third-order valence-corrected chi connectivity index (χ3v) is 4.93. The van der Waals surface area contributed by atoms with Gasteiger partial charge in [-0.15, -0.1) is 0 Å². The minimum Gasteiger partial charge on any atom is -0.478 e. The molecule has 0 radical (unpaired) electrons. The van der Waals surface area contributed by atoms with E-state index >= 15 is 0 Å². The zero-order chi connectivity index (χ0) is 21.3. The van der Waals surface area contributed by atoms with Crippen molar-refractivity contribution in [1.82, 2.24) is 9.97 Å². The van der Waals surface area contributed by atoms with E-state index in [2.05, 4.69) is 15.3 Å². The number of carboxylic acid groups (broad SMARTS) is 1. The van der Waals surface area contributed by atoms with Gasteiger partial charge in [-0.1, -0.05) is 18.2 Å². The fraction of sp³-hybridized carbons (Fsp3) is 0.0870. The minimum absolute atomic E-state index is 0.171. The van der Waals surface area contributed by atoms with Gasteiger partial charge in [0.15, 0.2) is 0 Å². The van der Waals surface area contributed by atoms with Crippen LogP contribution in [0.1, 0.15) is 39.2 Å². The molecule has 1 amide bonds. The molecule has 1 atom stereocenters. The number of aromatic amines is 1. The van der Waals surface area contributed by atoms with E-state index in [0.717, 1.165) is 16.5 Å². The molecule has 0 fully saturated rings. The minimum atomic E-state index is -1.01. The molecule has 4 aromatic rings. The Bertz CT molecular complexity index is 1260. The van der Waals surface area contributed by atoms with Crippen molar-refractivity contribution in [2.45, 2.75) is 13.0 Å². The quantitative estimate of drug-likeness (QED) is 0.400. The summed E-state index contributed by atoms with van der Waals surface area (Å²) in [4.78, 5) is 31.6. The Morgan fingerprint density at radius 3 is 2.70 bits per heavy atom. The van der Waals surface area contributed by atoms with E-state index in [0.29, 0.717) is 22.5 Å². The summed E-state index contributed by atoms with van der Waals surface area (Å²) in [5.41, 5.74) is 10.3. The summed E-state index contributed by atoms with van der Waals surface area (Å²) in [6, 6.07) is 15.2. The van der Waals surface area contributed by atoms with Crippen LogP contribution in [0.2, 0.25) is 0 Å². The Labute approximate surface area is 172 Å². The summed E-state index contributed by atoms with van der Waals surface area (Å²) in [5.74, 6) is -1.29. The zero-order valence-corrected chi connectivity index (χ0v) is 16.2. The van der Waals surface area contributed by atoms with E-state index in [1.807, 2.05) is 19.1 Å². The number of H-pyrrole nitrogens is 1. The highest BCUT2D eigenvalue weighted by Gasteiger charge is 2.16. The molecule has 1 unspecified atom stereocenters. The van der Waals surface area contributed by atoms with Gasteiger partial charge >= 0.3 is 5.97 Å². The van der Waals surface area contributed by atoms with Crippen molar-refractivity contribution in [3.63, 3.8) is 0 Å². The number of nitrogens with two attached hydrogens (primary N) is 1. The van der Waals surface area contributed by atoms with Crippen molar-refractivity contribution >= 4 is 28.6 Å². The molecule has 7 heteroatoms. The van der Waals surface area contributed by atoms with Gasteiger partial charge in [0, 0.05) is 29.4 Å². The summed E-state index contributed by atoms with van der Waals surface area (Å²) in [7, 11) is 0. The zero-order valence-electron chi connectivity index (χ0n) is 16.2. The molecule has 5 N–H and O–H groups in total. The first kappa shape index (κ1) is 19.4. The average Bonchev–Trinajstić information content (AvgIpc) is 3.23. The molecule has 2 aromatic carbocycles. The number of hydrogen-bond donors (Lipinski definition) is 4. The summed E-state index contributed by atoms with van der Waals surface area (Å²) in [6.45, 7) is 1.85. The van der Waals surface area contributed by atoms with Crippen LogP contribution in [-0.2, 0) is 0 Å². The van der Waals surface area contributed by atoms with Crippen LogP contribution in [0.5, 0.6) is 0 Å². The van der Waals surface area contributed by atoms with Crippen molar-refractivity contribution < 1.29 is 14.7 Å². The van der Waals surface area contributed by atoms with Gasteiger partial charge in [0.1, 0.15) is 5.65 Å². The Morgan fingerprint density at radius 1 is 1.10 bits per heavy atom. The monoisotopic (exact) mass is 400 g/mol. The van der Waals surface area contributed by atoms with Crippen LogP contribution in [0, 0.1) is 0 Å². The molecule has 0 aliphatic rings. The van der Waals surface area contributed by atoms with E-state index < -0.39 is 5.97 Å². The first-order valence-electron chi connectivity index (χ1n) is 9.41. The maximum Gasteiger partial charge on any atom is 0.335 e. The lowest BCUT2D eigenvalue weighted by Gasteiger charge is -2.15. The molecule has 0 bridgehead atoms. The van der Waals surface area contributed by atoms with Gasteiger partial charge in [-0.25, -0.2) is 9.78 Å². The Kier molecular flexibility index (Phi) is 5.04. The van der Waals surface area contributed by atoms with Crippen molar-refractivity contribution in [3.8, 4) is 11.1 Å². The van der Waals surface area contributed by atoms with Crippen LogP contribution in [0.4, 0.5) is 5.69 Å². The molecular weight excluding hydrogens is 380 g/mol. The molecular formula is C23H20N4O3. The largest absolute Gasteiger partial charge is 0.478 e. The number of benzene rings is 2. The van der Waals surface area contributed by atoms with Crippen LogP contribution in [0.3, 0.4) is 0 Å². The Hall–Kier alpha value is -3.97. The van der Waals surface area contributed by atoms with Crippen LogP contribution in [-0.4, -0.2) is 27.0 Å². The number of aromatic nitrogens is 2. The van der Waals surface area contributed by atoms with Crippen LogP contribution >= 0.6 is 0 Å². The first-order chi connectivity index (χ1) is 14.4. The second-order valence-corrected chi connectivity index (χ2v) is 7.03. The van der Waals surface area contributed by atoms with Gasteiger partial charge in [0.05, 0.1) is 11.3 Å². The molecule has 0 saturated carbocycles. The number of hydrogen-bond acceptors (Lipinski definition) is 4. The van der Waals surface area contributed by atoms with E-state index in [-0.39, 0.29) is 17.5 Å². The number of nitrogens with one attached hydrogen (secondary N) is 2. The molecule has 30 heavy (non-hydrogen) atoms. The molecule has 4 rings (SSSR count). The summed E-state index contributed by atoms with van der Waals surface area (Å²) in [5, 5.41) is 13.0. The number of carbonyl (C=O) groups excluding carboxylic acids is 1. The van der Waals surface area contributed by atoms with E-state index in [1.165, 1.54) is 6.07 Å². The Morgan fingerprint density at radius 2 is 1.93 bits per heavy atom. The average molecular weight is 400 g/mol. The van der Waals surface area contributed by atoms with Crippen molar-refractivity contribution in [3.05, 3.63) is 83.7 Å². The lowest BCUT2D eigenvalue weighted by atomic mass is 9.92. The van der Waals surface area contributed by atoms with Crippen molar-refractivity contribution in [2.75, 3.05) is 5.32 Å². The fourth-order valence-corrected chi connectivity index (χ4v) is 3.43. The normalized spacial score (nSPS) is 11.9. The number of aromatic carboxylic acids is 1. The topological polar surface area (TPSA) is 121 Å². The van der Waals surface area contributed by atoms with E-state index in [9.17, 15) is 14.7 Å². The highest BCUT2D eigenvalue weighted by atomic mass is 16.4. The van der Waals surface area contributed by atoms with Gasteiger partial charge in [0.2, 0.25) is 0 Å². The molecule has 2 heterocycles. The highest BCUT2D eigenvalue weighted by molar-refractivity contribution is 6.09. The number of carboxylic acids is 1. The number of fused-ring (bicyclic) bond motifs is 1. The maximum atomic E-state index is 13.0.